The first-order chi connectivity index (χ1) is 11.0. The van der Waals surface area contributed by atoms with Crippen molar-refractivity contribution in [2.75, 3.05) is 6.54 Å². The Labute approximate surface area is 136 Å². The van der Waals surface area contributed by atoms with E-state index in [1.54, 1.807) is 13.8 Å². The molecule has 0 spiro atoms. The van der Waals surface area contributed by atoms with Gasteiger partial charge in [0, 0.05) is 6.54 Å². The molecule has 0 aromatic heterocycles. The lowest BCUT2D eigenvalue weighted by atomic mass is 9.83. The fourth-order valence-electron chi connectivity index (χ4n) is 2.29. The monoisotopic (exact) mass is 345 g/mol. The van der Waals surface area contributed by atoms with Gasteiger partial charge < -0.3 is 15.2 Å². The number of ether oxygens (including phenoxy) is 1. The zero-order valence-corrected chi connectivity index (χ0v) is 13.2. The number of carboxylic acid groups (broad SMARTS) is 1. The van der Waals surface area contributed by atoms with Gasteiger partial charge in [0.2, 0.25) is 5.91 Å². The van der Waals surface area contributed by atoms with Crippen molar-refractivity contribution in [1.29, 1.82) is 0 Å². The number of alkyl halides is 3. The summed E-state index contributed by atoms with van der Waals surface area (Å²) in [6, 6.07) is 5.03. The number of nitrogens with one attached hydrogen (secondary N) is 1. The summed E-state index contributed by atoms with van der Waals surface area (Å²) in [6.45, 7) is 3.27. The maximum absolute atomic E-state index is 12.4. The Balaban J connectivity index is 2.03. The SMILES string of the molecule is CC(C)(C(=O)NCC1(C(=O)O)CC1)c1ccc(OC(F)(F)F)cc1. The number of hydrogen-bond donors (Lipinski definition) is 2. The van der Waals surface area contributed by atoms with E-state index in [9.17, 15) is 22.8 Å². The van der Waals surface area contributed by atoms with Gasteiger partial charge >= 0.3 is 12.3 Å². The molecule has 1 fully saturated rings. The lowest BCUT2D eigenvalue weighted by molar-refractivity contribution is -0.274. The number of aliphatic carboxylic acids is 1. The number of carbonyl (C=O) groups is 2. The highest BCUT2D eigenvalue weighted by molar-refractivity contribution is 5.88. The van der Waals surface area contributed by atoms with Crippen molar-refractivity contribution in [1.82, 2.24) is 5.32 Å². The zero-order chi connectivity index (χ0) is 18.2. The molecule has 1 amide bonds. The molecule has 0 aliphatic heterocycles. The average molecular weight is 345 g/mol. The molecule has 0 bridgehead atoms. The van der Waals surface area contributed by atoms with Crippen molar-refractivity contribution in [2.45, 2.75) is 38.5 Å². The zero-order valence-electron chi connectivity index (χ0n) is 13.2. The first kappa shape index (κ1) is 18.1. The van der Waals surface area contributed by atoms with E-state index in [-0.39, 0.29) is 18.2 Å². The van der Waals surface area contributed by atoms with E-state index in [2.05, 4.69) is 10.1 Å². The molecule has 1 saturated carbocycles. The van der Waals surface area contributed by atoms with Gasteiger partial charge in [-0.05, 0) is 44.4 Å². The van der Waals surface area contributed by atoms with E-state index in [1.165, 1.54) is 12.1 Å². The van der Waals surface area contributed by atoms with Crippen LogP contribution in [-0.2, 0) is 15.0 Å². The third-order valence-corrected chi connectivity index (χ3v) is 4.27. The summed E-state index contributed by atoms with van der Waals surface area (Å²) in [4.78, 5) is 23.5. The standard InChI is InChI=1S/C16H18F3NO4/c1-14(2,12(21)20-9-15(7-8-15)13(22)23)10-3-5-11(6-4-10)24-16(17,18)19/h3-6H,7-9H2,1-2H3,(H,20,21)(H,22,23). The highest BCUT2D eigenvalue weighted by Crippen LogP contribution is 2.45. The predicted molar refractivity (Wildman–Crippen MR) is 78.5 cm³/mol. The van der Waals surface area contributed by atoms with Crippen LogP contribution >= 0.6 is 0 Å². The van der Waals surface area contributed by atoms with Gasteiger partial charge in [-0.3, -0.25) is 9.59 Å². The van der Waals surface area contributed by atoms with Crippen LogP contribution in [0.15, 0.2) is 24.3 Å². The molecule has 0 radical (unpaired) electrons. The summed E-state index contributed by atoms with van der Waals surface area (Å²) in [7, 11) is 0. The van der Waals surface area contributed by atoms with E-state index in [0.29, 0.717) is 18.4 Å². The van der Waals surface area contributed by atoms with Gasteiger partial charge in [0.15, 0.2) is 0 Å². The molecule has 8 heteroatoms. The molecular formula is C16H18F3NO4. The quantitative estimate of drug-likeness (QED) is 0.831. The van der Waals surface area contributed by atoms with Crippen LogP contribution in [-0.4, -0.2) is 29.9 Å². The summed E-state index contributed by atoms with van der Waals surface area (Å²) >= 11 is 0. The van der Waals surface area contributed by atoms with Crippen molar-refractivity contribution in [3.05, 3.63) is 29.8 Å². The molecule has 24 heavy (non-hydrogen) atoms. The first-order valence-corrected chi connectivity index (χ1v) is 7.34. The summed E-state index contributed by atoms with van der Waals surface area (Å²) in [5.41, 5.74) is -1.41. The van der Waals surface area contributed by atoms with Crippen molar-refractivity contribution >= 4 is 11.9 Å². The minimum absolute atomic E-state index is 0.0415. The molecule has 1 aromatic rings. The third-order valence-electron chi connectivity index (χ3n) is 4.27. The number of carbonyl (C=O) groups excluding carboxylic acids is 1. The van der Waals surface area contributed by atoms with Crippen LogP contribution in [0.2, 0.25) is 0 Å². The Kier molecular flexibility index (Phi) is 4.52. The van der Waals surface area contributed by atoms with E-state index in [4.69, 9.17) is 5.11 Å². The number of carboxylic acids is 1. The number of benzene rings is 1. The van der Waals surface area contributed by atoms with E-state index in [0.717, 1.165) is 12.1 Å². The summed E-state index contributed by atoms with van der Waals surface area (Å²) in [6.07, 6.45) is -3.73. The van der Waals surface area contributed by atoms with Gasteiger partial charge in [0.25, 0.3) is 0 Å². The van der Waals surface area contributed by atoms with Crippen LogP contribution in [0.1, 0.15) is 32.3 Å². The van der Waals surface area contributed by atoms with Crippen LogP contribution in [0.3, 0.4) is 0 Å². The molecule has 1 aliphatic carbocycles. The Morgan fingerprint density at radius 1 is 1.21 bits per heavy atom. The predicted octanol–water partition coefficient (Wildman–Crippen LogP) is 2.84. The second-order valence-electron chi connectivity index (χ2n) is 6.47. The Morgan fingerprint density at radius 3 is 2.17 bits per heavy atom. The van der Waals surface area contributed by atoms with Crippen molar-refractivity contribution < 1.29 is 32.6 Å². The van der Waals surface area contributed by atoms with Crippen LogP contribution in [0.4, 0.5) is 13.2 Å². The van der Waals surface area contributed by atoms with Crippen LogP contribution in [0.25, 0.3) is 0 Å². The molecule has 2 N–H and O–H groups in total. The van der Waals surface area contributed by atoms with Crippen molar-refractivity contribution in [3.63, 3.8) is 0 Å². The minimum Gasteiger partial charge on any atom is -0.481 e. The summed E-state index contributed by atoms with van der Waals surface area (Å²) < 4.78 is 40.2. The van der Waals surface area contributed by atoms with Gasteiger partial charge in [-0.15, -0.1) is 13.2 Å². The van der Waals surface area contributed by atoms with Gasteiger partial charge in [0.05, 0.1) is 10.8 Å². The lowest BCUT2D eigenvalue weighted by Crippen LogP contribution is -2.43. The first-order valence-electron chi connectivity index (χ1n) is 7.34. The minimum atomic E-state index is -4.77. The maximum atomic E-state index is 12.4. The third kappa shape index (κ3) is 3.98. The Hall–Kier alpha value is -2.25. The van der Waals surface area contributed by atoms with Crippen LogP contribution in [0, 0.1) is 5.41 Å². The highest BCUT2D eigenvalue weighted by atomic mass is 19.4. The van der Waals surface area contributed by atoms with Gasteiger partial charge in [-0.2, -0.15) is 0 Å². The Bertz CT molecular complexity index is 634. The Morgan fingerprint density at radius 2 is 1.75 bits per heavy atom. The number of halogens is 3. The summed E-state index contributed by atoms with van der Waals surface area (Å²) in [5.74, 6) is -1.70. The molecule has 1 aromatic carbocycles. The average Bonchev–Trinajstić information content (AvgIpc) is 3.24. The number of hydrogen-bond acceptors (Lipinski definition) is 3. The molecule has 2 rings (SSSR count). The highest BCUT2D eigenvalue weighted by Gasteiger charge is 2.50. The molecule has 0 atom stereocenters. The van der Waals surface area contributed by atoms with Gasteiger partial charge in [-0.1, -0.05) is 12.1 Å². The van der Waals surface area contributed by atoms with Crippen molar-refractivity contribution in [3.8, 4) is 5.75 Å². The topological polar surface area (TPSA) is 75.6 Å². The van der Waals surface area contributed by atoms with Crippen LogP contribution in [0.5, 0.6) is 5.75 Å². The van der Waals surface area contributed by atoms with Crippen molar-refractivity contribution in [2.24, 2.45) is 5.41 Å². The molecule has 5 nitrogen and oxygen atoms in total. The molecule has 132 valence electrons. The summed E-state index contributed by atoms with van der Waals surface area (Å²) in [5, 5.41) is 11.7. The second-order valence-corrected chi connectivity index (χ2v) is 6.47. The second kappa shape index (κ2) is 5.99. The van der Waals surface area contributed by atoms with Gasteiger partial charge in [-0.25, -0.2) is 0 Å². The van der Waals surface area contributed by atoms with E-state index >= 15 is 0 Å². The number of amides is 1. The maximum Gasteiger partial charge on any atom is 0.573 e. The fraction of sp³-hybridized carbons (Fsp3) is 0.500. The van der Waals surface area contributed by atoms with Gasteiger partial charge in [0.1, 0.15) is 5.75 Å². The molecular weight excluding hydrogens is 327 g/mol. The van der Waals surface area contributed by atoms with Crippen LogP contribution < -0.4 is 10.1 Å². The van der Waals surface area contributed by atoms with E-state index < -0.39 is 23.2 Å². The molecule has 1 aliphatic rings. The molecule has 0 unspecified atom stereocenters. The normalized spacial score (nSPS) is 16.4. The smallest absolute Gasteiger partial charge is 0.481 e. The lowest BCUT2D eigenvalue weighted by Gasteiger charge is -2.25. The fourth-order valence-corrected chi connectivity index (χ4v) is 2.29. The number of rotatable bonds is 6. The van der Waals surface area contributed by atoms with E-state index in [1.807, 2.05) is 0 Å². The molecule has 0 heterocycles. The largest absolute Gasteiger partial charge is 0.573 e. The molecule has 0 saturated heterocycles.